The van der Waals surface area contributed by atoms with Crippen LogP contribution in [0.5, 0.6) is 0 Å². The second kappa shape index (κ2) is 54.0. The minimum absolute atomic E-state index is 0.0347. The molecule has 0 spiro atoms. The summed E-state index contributed by atoms with van der Waals surface area (Å²) < 4.78 is 0. The van der Waals surface area contributed by atoms with Crippen molar-refractivity contribution in [3.05, 3.63) is 0 Å². The zero-order chi connectivity index (χ0) is 41.5. The number of Topliss-reactive ketones (excluding diaryl/α,β-unsaturated/α-hetero) is 4. The maximum atomic E-state index is 11.8. The molecule has 0 aliphatic rings. The van der Waals surface area contributed by atoms with E-state index in [4.69, 9.17) is 0 Å². The molecule has 0 rings (SSSR count). The van der Waals surface area contributed by atoms with Crippen LogP contribution in [-0.4, -0.2) is 23.1 Å². The van der Waals surface area contributed by atoms with Crippen molar-refractivity contribution in [3.8, 4) is 0 Å². The lowest BCUT2D eigenvalue weighted by molar-refractivity contribution is -0.131. The van der Waals surface area contributed by atoms with Gasteiger partial charge in [0.1, 0.15) is 23.1 Å². The van der Waals surface area contributed by atoms with Gasteiger partial charge < -0.3 is 19.2 Å². The second-order valence-electron chi connectivity index (χ2n) is 15.3. The first-order valence-corrected chi connectivity index (χ1v) is 22.7. The molecule has 0 N–H and O–H groups in total. The van der Waals surface area contributed by atoms with E-state index in [9.17, 15) is 19.2 Å². The van der Waals surface area contributed by atoms with E-state index in [0.29, 0.717) is 6.42 Å². The molecule has 0 heterocycles. The number of hydrogen-bond acceptors (Lipinski definition) is 4. The van der Waals surface area contributed by atoms with Gasteiger partial charge in [-0.3, -0.25) is 0 Å². The molecule has 0 aliphatic carbocycles. The predicted molar refractivity (Wildman–Crippen MR) is 236 cm³/mol. The molecule has 0 radical (unpaired) electrons. The molecule has 4 heteroatoms. The summed E-state index contributed by atoms with van der Waals surface area (Å²) in [5, 5.41) is 0. The largest absolute Gasteiger partial charge is 0.300 e. The summed E-state index contributed by atoms with van der Waals surface area (Å²) in [6.45, 7) is 30.4. The number of hydrogen-bond donors (Lipinski definition) is 0. The Hall–Kier alpha value is -1.32. The van der Waals surface area contributed by atoms with Crippen molar-refractivity contribution in [2.45, 2.75) is 277 Å². The van der Waals surface area contributed by atoms with E-state index in [1.807, 2.05) is 0 Å². The Labute approximate surface area is 330 Å². The van der Waals surface area contributed by atoms with Gasteiger partial charge in [0.25, 0.3) is 0 Å². The maximum absolute atomic E-state index is 11.8. The molecule has 4 nitrogen and oxygen atoms in total. The van der Waals surface area contributed by atoms with E-state index in [1.165, 1.54) is 156 Å². The third-order valence-electron chi connectivity index (χ3n) is 8.89. The summed E-state index contributed by atoms with van der Waals surface area (Å²) in [5.41, 5.74) is -0.704. The fourth-order valence-electron chi connectivity index (χ4n) is 6.03. The molecular formula is C48H100O4. The summed E-state index contributed by atoms with van der Waals surface area (Å²) >= 11 is 0. The molecule has 0 aromatic heterocycles. The van der Waals surface area contributed by atoms with Crippen LogP contribution in [0.3, 0.4) is 0 Å². The van der Waals surface area contributed by atoms with E-state index >= 15 is 0 Å². The van der Waals surface area contributed by atoms with E-state index in [0.717, 1.165) is 19.3 Å². The molecule has 1 unspecified atom stereocenters. The van der Waals surface area contributed by atoms with Gasteiger partial charge in [0.15, 0.2) is 0 Å². The van der Waals surface area contributed by atoms with Crippen LogP contribution in [0.2, 0.25) is 0 Å². The minimum Gasteiger partial charge on any atom is -0.300 e. The Morgan fingerprint density at radius 2 is 0.519 bits per heavy atom. The molecule has 0 aromatic carbocycles. The van der Waals surface area contributed by atoms with Crippen LogP contribution in [0.15, 0.2) is 0 Å². The lowest BCUT2D eigenvalue weighted by Gasteiger charge is -2.39. The standard InChI is InChI=1S/C18H30O4.5C6H14/c1-6-7-8-17(9-13(2)19)18(10-14(3)20,11-15(4)21)12-16(5)22;5*1-3-5-6-4-2/h17H,6-12H2,1-5H3;5*3-6H2,1-2H3. The van der Waals surface area contributed by atoms with Crippen molar-refractivity contribution in [1.29, 1.82) is 0 Å². The number of rotatable bonds is 27. The summed E-state index contributed by atoms with van der Waals surface area (Å²) in [7, 11) is 0. The highest BCUT2D eigenvalue weighted by molar-refractivity contribution is 5.84. The predicted octanol–water partition coefficient (Wildman–Crippen LogP) is 16.6. The van der Waals surface area contributed by atoms with Gasteiger partial charge in [-0.2, -0.15) is 0 Å². The first kappa shape index (κ1) is 62.7. The van der Waals surface area contributed by atoms with Crippen LogP contribution in [0.4, 0.5) is 0 Å². The third-order valence-corrected chi connectivity index (χ3v) is 8.89. The molecular weight excluding hydrogens is 641 g/mol. The number of unbranched alkanes of at least 4 members (excludes halogenated alkanes) is 16. The van der Waals surface area contributed by atoms with Gasteiger partial charge in [-0.25, -0.2) is 0 Å². The first-order chi connectivity index (χ1) is 24.7. The molecule has 316 valence electrons. The molecule has 0 saturated carbocycles. The fourth-order valence-corrected chi connectivity index (χ4v) is 6.03. The molecule has 0 saturated heterocycles. The molecule has 1 atom stereocenters. The molecule has 0 aromatic rings. The average molecular weight is 741 g/mol. The Balaban J connectivity index is -0.000000143. The highest BCUT2D eigenvalue weighted by atomic mass is 16.1. The van der Waals surface area contributed by atoms with Crippen molar-refractivity contribution in [2.75, 3.05) is 0 Å². The smallest absolute Gasteiger partial charge is 0.130 e. The van der Waals surface area contributed by atoms with Gasteiger partial charge in [-0.05, 0) is 45.4 Å². The van der Waals surface area contributed by atoms with Crippen molar-refractivity contribution < 1.29 is 19.2 Å². The lowest BCUT2D eigenvalue weighted by Crippen LogP contribution is -2.37. The first-order valence-electron chi connectivity index (χ1n) is 22.7. The quantitative estimate of drug-likeness (QED) is 0.0786. The SMILES string of the molecule is CCCCC(CC(C)=O)C(CC(C)=O)(CC(C)=O)CC(C)=O.CCCCCC.CCCCCC.CCCCCC.CCCCCC.CCCCCC. The Morgan fingerprint density at radius 3 is 0.654 bits per heavy atom. The molecule has 0 bridgehead atoms. The topological polar surface area (TPSA) is 68.3 Å². The Bertz CT molecular complexity index is 604. The van der Waals surface area contributed by atoms with Crippen LogP contribution in [0.25, 0.3) is 0 Å². The van der Waals surface area contributed by atoms with E-state index < -0.39 is 5.41 Å². The van der Waals surface area contributed by atoms with Gasteiger partial charge in [0.05, 0.1) is 0 Å². The van der Waals surface area contributed by atoms with Crippen molar-refractivity contribution in [1.82, 2.24) is 0 Å². The highest BCUT2D eigenvalue weighted by Gasteiger charge is 2.41. The summed E-state index contributed by atoms with van der Waals surface area (Å²) in [5.74, 6) is -0.157. The van der Waals surface area contributed by atoms with Crippen LogP contribution in [0, 0.1) is 11.3 Å². The lowest BCUT2D eigenvalue weighted by atomic mass is 9.63. The van der Waals surface area contributed by atoms with Gasteiger partial charge in [-0.15, -0.1) is 0 Å². The van der Waals surface area contributed by atoms with Crippen LogP contribution in [0.1, 0.15) is 277 Å². The number of carbonyl (C=O) groups excluding carboxylic acids is 4. The summed E-state index contributed by atoms with van der Waals surface area (Å²) in [4.78, 5) is 47.0. The highest BCUT2D eigenvalue weighted by Crippen LogP contribution is 2.44. The average Bonchev–Trinajstić information content (AvgIpc) is 3.09. The monoisotopic (exact) mass is 741 g/mol. The van der Waals surface area contributed by atoms with Crippen molar-refractivity contribution >= 4 is 23.1 Å². The van der Waals surface area contributed by atoms with Gasteiger partial charge in [0.2, 0.25) is 0 Å². The Kier molecular flexibility index (Phi) is 65.1. The zero-order valence-corrected chi connectivity index (χ0v) is 38.8. The van der Waals surface area contributed by atoms with Crippen LogP contribution in [-0.2, 0) is 19.2 Å². The van der Waals surface area contributed by atoms with Gasteiger partial charge >= 0.3 is 0 Å². The summed E-state index contributed by atoms with van der Waals surface area (Å²) in [6.07, 6.45) is 31.2. The molecule has 52 heavy (non-hydrogen) atoms. The van der Waals surface area contributed by atoms with Gasteiger partial charge in [-0.1, -0.05) is 217 Å². The molecule has 0 amide bonds. The third kappa shape index (κ3) is 60.8. The molecule has 0 fully saturated rings. The Morgan fingerprint density at radius 1 is 0.327 bits per heavy atom. The van der Waals surface area contributed by atoms with E-state index in [-0.39, 0.29) is 48.3 Å². The zero-order valence-electron chi connectivity index (χ0n) is 38.8. The molecule has 0 aliphatic heterocycles. The number of carbonyl (C=O) groups is 4. The van der Waals surface area contributed by atoms with Gasteiger partial charge in [0, 0.05) is 25.7 Å². The minimum atomic E-state index is -0.704. The second-order valence-corrected chi connectivity index (χ2v) is 15.3. The van der Waals surface area contributed by atoms with E-state index in [1.54, 1.807) is 0 Å². The van der Waals surface area contributed by atoms with Crippen LogP contribution >= 0.6 is 0 Å². The van der Waals surface area contributed by atoms with Crippen LogP contribution < -0.4 is 0 Å². The fraction of sp³-hybridized carbons (Fsp3) is 0.917. The summed E-state index contributed by atoms with van der Waals surface area (Å²) in [6, 6.07) is 0. The normalized spacial score (nSPS) is 10.6. The number of ketones is 4. The van der Waals surface area contributed by atoms with E-state index in [2.05, 4.69) is 76.2 Å². The maximum Gasteiger partial charge on any atom is 0.130 e. The van der Waals surface area contributed by atoms with Crippen molar-refractivity contribution in [3.63, 3.8) is 0 Å². The van der Waals surface area contributed by atoms with Crippen molar-refractivity contribution in [2.24, 2.45) is 11.3 Å².